The molecular weight excluding hydrogens is 367 g/mol. The van der Waals surface area contributed by atoms with Gasteiger partial charge in [0.15, 0.2) is 5.78 Å². The number of ether oxygens (including phenoxy) is 1. The maximum absolute atomic E-state index is 12.5. The van der Waals surface area contributed by atoms with E-state index in [1.807, 2.05) is 19.1 Å². The summed E-state index contributed by atoms with van der Waals surface area (Å²) in [5.74, 6) is -0.832. The van der Waals surface area contributed by atoms with Crippen LogP contribution in [0.15, 0.2) is 28.3 Å². The van der Waals surface area contributed by atoms with E-state index in [0.29, 0.717) is 9.90 Å². The molecule has 1 aromatic carbocycles. The molecular formula is C15H9Cl3O3S. The molecule has 0 saturated carbocycles. The lowest BCUT2D eigenvalue weighted by Gasteiger charge is -2.08. The topological polar surface area (TPSA) is 43.4 Å². The Morgan fingerprint density at radius 1 is 1.32 bits per heavy atom. The highest BCUT2D eigenvalue weighted by molar-refractivity contribution is 7.21. The van der Waals surface area contributed by atoms with Crippen LogP contribution in [0.2, 0.25) is 5.02 Å². The molecule has 1 aliphatic rings. The van der Waals surface area contributed by atoms with Crippen LogP contribution in [-0.2, 0) is 9.53 Å². The van der Waals surface area contributed by atoms with Gasteiger partial charge in [0.2, 0.25) is 0 Å². The Morgan fingerprint density at radius 3 is 2.68 bits per heavy atom. The first-order chi connectivity index (χ1) is 10.4. The third kappa shape index (κ3) is 2.65. The number of ketones is 1. The minimum Gasteiger partial charge on any atom is -0.452 e. The molecule has 2 aromatic rings. The van der Waals surface area contributed by atoms with Gasteiger partial charge in [-0.15, -0.1) is 11.3 Å². The number of benzene rings is 1. The fourth-order valence-electron chi connectivity index (χ4n) is 2.32. The van der Waals surface area contributed by atoms with E-state index in [0.717, 1.165) is 15.6 Å². The molecule has 0 saturated heterocycles. The van der Waals surface area contributed by atoms with Crippen LogP contribution in [-0.4, -0.2) is 17.9 Å². The number of fused-ring (bicyclic) bond motifs is 1. The predicted octanol–water partition coefficient (Wildman–Crippen LogP) is 5.05. The third-order valence-electron chi connectivity index (χ3n) is 3.44. The molecule has 2 heterocycles. The molecule has 0 bridgehead atoms. The number of Topliss-reactive ketones (excluding diaryl/α,β-unsaturated/α-hetero) is 1. The number of carbonyl (C=O) groups excluding carboxylic acids is 2. The van der Waals surface area contributed by atoms with E-state index >= 15 is 0 Å². The van der Waals surface area contributed by atoms with E-state index in [-0.39, 0.29) is 22.3 Å². The molecule has 0 fully saturated rings. The van der Waals surface area contributed by atoms with Gasteiger partial charge in [0.05, 0.1) is 16.3 Å². The van der Waals surface area contributed by atoms with E-state index in [4.69, 9.17) is 39.5 Å². The quantitative estimate of drug-likeness (QED) is 0.557. The number of halogens is 3. The fraction of sp³-hybridized carbons (Fsp3) is 0.200. The lowest BCUT2D eigenvalue weighted by Crippen LogP contribution is -2.15. The summed E-state index contributed by atoms with van der Waals surface area (Å²) < 4.78 is 5.98. The van der Waals surface area contributed by atoms with Crippen LogP contribution >= 0.6 is 46.1 Å². The summed E-state index contributed by atoms with van der Waals surface area (Å²) in [6.45, 7) is 1.87. The Morgan fingerprint density at radius 2 is 2.05 bits per heavy atom. The number of carbonyl (C=O) groups is 2. The highest BCUT2D eigenvalue weighted by atomic mass is 35.5. The monoisotopic (exact) mass is 374 g/mol. The SMILES string of the molecule is Cc1c(C(=O)C[C@H]2OC(=O)C(Cl)=C2Cl)sc2ccc(Cl)cc12. The Kier molecular flexibility index (Phi) is 4.21. The van der Waals surface area contributed by atoms with E-state index in [1.54, 1.807) is 6.07 Å². The summed E-state index contributed by atoms with van der Waals surface area (Å²) in [4.78, 5) is 24.4. The van der Waals surface area contributed by atoms with Crippen molar-refractivity contribution < 1.29 is 14.3 Å². The van der Waals surface area contributed by atoms with Gasteiger partial charge in [0.25, 0.3) is 0 Å². The molecule has 3 nitrogen and oxygen atoms in total. The second-order valence-corrected chi connectivity index (χ2v) is 7.15. The van der Waals surface area contributed by atoms with Crippen molar-refractivity contribution in [3.05, 3.63) is 43.7 Å². The summed E-state index contributed by atoms with van der Waals surface area (Å²) in [7, 11) is 0. The minimum atomic E-state index is -0.803. The van der Waals surface area contributed by atoms with Gasteiger partial charge >= 0.3 is 5.97 Å². The molecule has 0 N–H and O–H groups in total. The van der Waals surface area contributed by atoms with Gasteiger partial charge in [-0.1, -0.05) is 34.8 Å². The first-order valence-corrected chi connectivity index (χ1v) is 8.31. The van der Waals surface area contributed by atoms with Crippen LogP contribution < -0.4 is 0 Å². The first-order valence-electron chi connectivity index (χ1n) is 6.36. The van der Waals surface area contributed by atoms with E-state index in [2.05, 4.69) is 0 Å². The Balaban J connectivity index is 1.90. The number of hydrogen-bond acceptors (Lipinski definition) is 4. The maximum Gasteiger partial charge on any atom is 0.351 e. The fourth-order valence-corrected chi connectivity index (χ4v) is 4.00. The van der Waals surface area contributed by atoms with Crippen molar-refractivity contribution in [1.29, 1.82) is 0 Å². The molecule has 0 amide bonds. The highest BCUT2D eigenvalue weighted by Crippen LogP contribution is 2.36. The van der Waals surface area contributed by atoms with E-state index in [1.165, 1.54) is 11.3 Å². The summed E-state index contributed by atoms with van der Waals surface area (Å²) in [6.07, 6.45) is -0.829. The molecule has 0 spiro atoms. The van der Waals surface area contributed by atoms with Crippen LogP contribution in [0.5, 0.6) is 0 Å². The van der Waals surface area contributed by atoms with Crippen molar-refractivity contribution >= 4 is 68.0 Å². The summed E-state index contributed by atoms with van der Waals surface area (Å²) in [5, 5.41) is 1.50. The van der Waals surface area contributed by atoms with Crippen molar-refractivity contribution in [2.75, 3.05) is 0 Å². The number of hydrogen-bond donors (Lipinski definition) is 0. The number of rotatable bonds is 3. The van der Waals surface area contributed by atoms with Gasteiger partial charge < -0.3 is 4.74 Å². The average Bonchev–Trinajstić information content (AvgIpc) is 2.92. The van der Waals surface area contributed by atoms with Crippen LogP contribution in [0.4, 0.5) is 0 Å². The zero-order valence-corrected chi connectivity index (χ0v) is 14.4. The molecule has 1 atom stereocenters. The van der Waals surface area contributed by atoms with Gasteiger partial charge in [0, 0.05) is 9.72 Å². The van der Waals surface area contributed by atoms with Crippen molar-refractivity contribution in [1.82, 2.24) is 0 Å². The first kappa shape index (κ1) is 15.8. The second kappa shape index (κ2) is 5.85. The third-order valence-corrected chi connectivity index (χ3v) is 5.88. The number of esters is 1. The lowest BCUT2D eigenvalue weighted by molar-refractivity contribution is -0.138. The van der Waals surface area contributed by atoms with Gasteiger partial charge in [0.1, 0.15) is 11.1 Å². The molecule has 1 aliphatic heterocycles. The molecule has 1 aromatic heterocycles. The van der Waals surface area contributed by atoms with Crippen LogP contribution in [0, 0.1) is 6.92 Å². The molecule has 0 aliphatic carbocycles. The van der Waals surface area contributed by atoms with Crippen LogP contribution in [0.3, 0.4) is 0 Å². The van der Waals surface area contributed by atoms with Crippen molar-refractivity contribution in [3.63, 3.8) is 0 Å². The Hall–Kier alpha value is -1.07. The van der Waals surface area contributed by atoms with Crippen LogP contribution in [0.25, 0.3) is 10.1 Å². The highest BCUT2D eigenvalue weighted by Gasteiger charge is 2.34. The number of aryl methyl sites for hydroxylation is 1. The normalized spacial score (nSPS) is 18.2. The van der Waals surface area contributed by atoms with Crippen molar-refractivity contribution in [2.24, 2.45) is 0 Å². The van der Waals surface area contributed by atoms with Gasteiger partial charge in [-0.3, -0.25) is 4.79 Å². The summed E-state index contributed by atoms with van der Waals surface area (Å²) in [5.41, 5.74) is 0.864. The second-order valence-electron chi connectivity index (χ2n) is 4.88. The summed E-state index contributed by atoms with van der Waals surface area (Å²) >= 11 is 19.0. The zero-order chi connectivity index (χ0) is 16.0. The molecule has 7 heteroatoms. The molecule has 3 rings (SSSR count). The molecule has 0 unspecified atom stereocenters. The average molecular weight is 376 g/mol. The van der Waals surface area contributed by atoms with Crippen molar-refractivity contribution in [2.45, 2.75) is 19.4 Å². The predicted molar refractivity (Wildman–Crippen MR) is 89.1 cm³/mol. The maximum atomic E-state index is 12.5. The smallest absolute Gasteiger partial charge is 0.351 e. The summed E-state index contributed by atoms with van der Waals surface area (Å²) in [6, 6.07) is 5.50. The molecule has 114 valence electrons. The van der Waals surface area contributed by atoms with Crippen LogP contribution in [0.1, 0.15) is 21.7 Å². The largest absolute Gasteiger partial charge is 0.452 e. The van der Waals surface area contributed by atoms with Crippen molar-refractivity contribution in [3.8, 4) is 0 Å². The van der Waals surface area contributed by atoms with E-state index in [9.17, 15) is 9.59 Å². The lowest BCUT2D eigenvalue weighted by atomic mass is 10.1. The number of thiophene rings is 1. The zero-order valence-electron chi connectivity index (χ0n) is 11.3. The van der Waals surface area contributed by atoms with Gasteiger partial charge in [-0.2, -0.15) is 0 Å². The van der Waals surface area contributed by atoms with E-state index < -0.39 is 12.1 Å². The standard InChI is InChI=1S/C15H9Cl3O3S/c1-6-8-4-7(16)2-3-11(8)22-14(6)9(19)5-10-12(17)13(18)15(20)21-10/h2-4,10H,5H2,1H3/t10-/m1/s1. The molecule has 22 heavy (non-hydrogen) atoms. The van der Waals surface area contributed by atoms with Gasteiger partial charge in [-0.25, -0.2) is 4.79 Å². The molecule has 0 radical (unpaired) electrons. The number of cyclic esters (lactones) is 1. The Bertz CT molecular complexity index is 838. The minimum absolute atomic E-state index is 0.0256. The van der Waals surface area contributed by atoms with Gasteiger partial charge in [-0.05, 0) is 36.1 Å². The Labute approximate surface area is 145 Å².